The monoisotopic (exact) mass is 1510 g/mol. The summed E-state index contributed by atoms with van der Waals surface area (Å²) in [6, 6.07) is 16.8. The van der Waals surface area contributed by atoms with E-state index in [1.807, 2.05) is 34.6 Å². The summed E-state index contributed by atoms with van der Waals surface area (Å²) in [4.78, 5) is 18.7. The van der Waals surface area contributed by atoms with Crippen LogP contribution < -0.4 is 0 Å². The van der Waals surface area contributed by atoms with Crippen molar-refractivity contribution in [3.05, 3.63) is 193 Å². The minimum atomic E-state index is -3.97. The third-order valence-corrected chi connectivity index (χ3v) is 20.1. The second-order valence-electron chi connectivity index (χ2n) is 21.1. The Morgan fingerprint density at radius 1 is 0.568 bits per heavy atom. The van der Waals surface area contributed by atoms with Crippen LogP contribution in [0.3, 0.4) is 0 Å². The molecule has 18 nitrogen and oxygen atoms in total. The number of ether oxygens (including phenoxy) is 3. The number of aliphatic hydroxyl groups excluding tert-OH is 1. The Morgan fingerprint density at radius 2 is 0.947 bits per heavy atom. The van der Waals surface area contributed by atoms with Crippen LogP contribution >= 0.6 is 50.7 Å². The third kappa shape index (κ3) is 21.0. The van der Waals surface area contributed by atoms with Crippen molar-refractivity contribution in [2.45, 2.75) is 112 Å². The molecule has 0 atom stereocenters. The lowest BCUT2D eigenvalue weighted by Crippen LogP contribution is -2.41. The van der Waals surface area contributed by atoms with E-state index >= 15 is 0 Å². The number of nitrogens with zero attached hydrogens (tertiary/aromatic N) is 3. The number of sulfone groups is 3. The van der Waals surface area contributed by atoms with Gasteiger partial charge in [0.25, 0.3) is 0 Å². The van der Waals surface area contributed by atoms with Crippen molar-refractivity contribution in [1.82, 2.24) is 29.9 Å². The number of aromatic nitrogens is 6. The van der Waals surface area contributed by atoms with E-state index in [4.69, 9.17) is 63.4 Å². The van der Waals surface area contributed by atoms with Crippen molar-refractivity contribution in [3.63, 3.8) is 0 Å². The van der Waals surface area contributed by atoms with Crippen LogP contribution in [0.15, 0.2) is 129 Å². The van der Waals surface area contributed by atoms with E-state index in [2.05, 4.69) is 45.8 Å². The van der Waals surface area contributed by atoms with Crippen LogP contribution in [0.5, 0.6) is 0 Å². The summed E-state index contributed by atoms with van der Waals surface area (Å²) >= 11 is 20.4. The van der Waals surface area contributed by atoms with Crippen LogP contribution in [0.4, 0.5) is 26.3 Å². The molecule has 7 heterocycles. The Morgan fingerprint density at radius 3 is 1.36 bits per heavy atom. The lowest BCUT2D eigenvalue weighted by molar-refractivity contribution is 0.00578. The van der Waals surface area contributed by atoms with E-state index in [1.165, 1.54) is 30.9 Å². The van der Waals surface area contributed by atoms with Crippen LogP contribution in [0, 0.1) is 35.3 Å². The molecule has 32 heteroatoms. The van der Waals surface area contributed by atoms with Crippen molar-refractivity contribution >= 4 is 126 Å². The van der Waals surface area contributed by atoms with Gasteiger partial charge in [-0.3, -0.25) is 0 Å². The molecule has 9 aromatic rings. The second kappa shape index (κ2) is 34.6. The van der Waals surface area contributed by atoms with Crippen LogP contribution in [0.1, 0.15) is 91.0 Å². The van der Waals surface area contributed by atoms with Gasteiger partial charge in [-0.25, -0.2) is 53.4 Å². The molecular weight excluding hydrogens is 1440 g/mol. The first-order chi connectivity index (χ1) is 44.2. The first-order valence-corrected chi connectivity index (χ1v) is 35.4. The number of pyridine rings is 3. The number of aliphatic hydroxyl groups is 1. The van der Waals surface area contributed by atoms with Crippen LogP contribution in [0.25, 0.3) is 38.8 Å². The van der Waals surface area contributed by atoms with E-state index in [0.717, 1.165) is 18.2 Å². The molecule has 0 saturated carbocycles. The number of nitrogens with one attached hydrogen (secondary N) is 3. The largest absolute Gasteiger partial charge is 0.502 e. The summed E-state index contributed by atoms with van der Waals surface area (Å²) in [5.41, 5.74) is -0.472. The summed E-state index contributed by atoms with van der Waals surface area (Å²) in [5.74, 6) is -6.02. The topological polar surface area (TPSA) is 255 Å². The van der Waals surface area contributed by atoms with Gasteiger partial charge >= 0.3 is 7.12 Å². The fourth-order valence-electron chi connectivity index (χ4n) is 8.62. The Hall–Kier alpha value is -6.51. The minimum absolute atomic E-state index is 0. The average molecular weight is 1510 g/mol. The summed E-state index contributed by atoms with van der Waals surface area (Å²) < 4.78 is 186. The molecule has 1 aliphatic heterocycles. The summed E-state index contributed by atoms with van der Waals surface area (Å²) in [6.45, 7) is 17.2. The van der Waals surface area contributed by atoms with Gasteiger partial charge in [-0.05, 0) is 138 Å². The molecule has 95 heavy (non-hydrogen) atoms. The van der Waals surface area contributed by atoms with Gasteiger partial charge in [0.2, 0.25) is 17.8 Å². The lowest BCUT2D eigenvalue weighted by Gasteiger charge is -2.32. The molecule has 0 aliphatic carbocycles. The molecule has 0 amide bonds. The predicted octanol–water partition coefficient (Wildman–Crippen LogP) is 15.6. The number of fused-ring (bicyclic) bond motifs is 3. The molecule has 10 rings (SSSR count). The summed E-state index contributed by atoms with van der Waals surface area (Å²) in [6.07, 6.45) is 8.11. The highest BCUT2D eigenvalue weighted by Gasteiger charge is 2.50. The molecule has 514 valence electrons. The minimum Gasteiger partial charge on any atom is -0.502 e. The van der Waals surface area contributed by atoms with E-state index in [0.29, 0.717) is 67.6 Å². The molecule has 1 aliphatic rings. The van der Waals surface area contributed by atoms with E-state index in [1.54, 1.807) is 87.6 Å². The molecule has 0 spiro atoms. The molecule has 3 aromatic carbocycles. The van der Waals surface area contributed by atoms with Crippen molar-refractivity contribution < 1.29 is 80.2 Å². The zero-order valence-electron chi connectivity index (χ0n) is 51.7. The van der Waals surface area contributed by atoms with Crippen molar-refractivity contribution in [2.75, 3.05) is 33.0 Å². The number of rotatable bonds is 19. The van der Waals surface area contributed by atoms with Crippen molar-refractivity contribution in [3.8, 4) is 0 Å². The van der Waals surface area contributed by atoms with Gasteiger partial charge < -0.3 is 43.6 Å². The number of benzene rings is 3. The Kier molecular flexibility index (Phi) is 28.9. The van der Waals surface area contributed by atoms with Gasteiger partial charge in [0.05, 0.1) is 79.8 Å². The zero-order valence-corrected chi connectivity index (χ0v) is 58.0. The highest BCUT2D eigenvalue weighted by Crippen LogP contribution is 2.37. The quantitative estimate of drug-likeness (QED) is 0.0193. The Bertz CT molecular complexity index is 4530. The van der Waals surface area contributed by atoms with E-state index in [-0.39, 0.29) is 75.7 Å². The Labute approximate surface area is 570 Å². The lowest BCUT2D eigenvalue weighted by atomic mass is 9.90. The van der Waals surface area contributed by atoms with Crippen LogP contribution in [-0.4, -0.2) is 112 Å². The highest BCUT2D eigenvalue weighted by molar-refractivity contribution is 9.10. The maximum absolute atomic E-state index is 14.3. The van der Waals surface area contributed by atoms with Gasteiger partial charge in [-0.2, -0.15) is 13.2 Å². The number of hydrogen-bond acceptors (Lipinski definition) is 15. The van der Waals surface area contributed by atoms with Gasteiger partial charge in [0.1, 0.15) is 34.7 Å². The molecule has 1 fully saturated rings. The maximum Gasteiger partial charge on any atom is 0.490 e. The maximum atomic E-state index is 14.3. The smallest absolute Gasteiger partial charge is 0.490 e. The second-order valence-corrected chi connectivity index (χ2v) is 29.1. The first kappa shape index (κ1) is 79.2. The SMILES string of the molecule is C.CCO.CCO/C=C/B1OC(C)(C)C(C)(C)O1.CCO/C=C/c1cc(F)c(CS(=O)(=O)c2c[nH]c3cc(Cl)ccc23)nc1F.CCOCCc1cc(F)c(CS(=O)(=O)c2c[nH]c3cc(Cl)ccc23)nc1F.O=S(=O)(Cc1nc(F)c(Br)cc1F)c1c[nH]c2cc(Cl)ccc12. The molecule has 0 unspecified atom stereocenters. The Balaban J connectivity index is 0.000000230. The average Bonchev–Trinajstić information content (AvgIpc) is 1.73. The van der Waals surface area contributed by atoms with Crippen molar-refractivity contribution in [1.29, 1.82) is 0 Å². The number of H-pyrrole nitrogens is 3. The normalized spacial score (nSPS) is 13.6. The zero-order chi connectivity index (χ0) is 69.5. The van der Waals surface area contributed by atoms with E-state index in [9.17, 15) is 51.6 Å². The molecular formula is C63H69BBrCl3F6N6O12S3. The molecule has 0 bridgehead atoms. The third-order valence-electron chi connectivity index (χ3n) is 13.9. The van der Waals surface area contributed by atoms with Crippen LogP contribution in [-0.2, 0) is 76.7 Å². The molecule has 1 saturated heterocycles. The summed E-state index contributed by atoms with van der Waals surface area (Å²) in [7, 11) is -12.1. The van der Waals surface area contributed by atoms with Gasteiger partial charge in [-0.1, -0.05) is 60.4 Å². The van der Waals surface area contributed by atoms with Gasteiger partial charge in [0, 0.05) is 97.1 Å². The van der Waals surface area contributed by atoms with Gasteiger partial charge in [-0.15, -0.1) is 0 Å². The standard InChI is InChI=1S/C18H17ClF2N2O3S.C18H15ClF2N2O3S.C14H8BrClF2N2O2S.C10H19BO3.C2H6O.CH4/c2*1-2-26-6-5-11-7-14(20)16(23-18(11)21)10-27(24,25)17-9-22-15-8-12(19)3-4-13(15)17;15-9-4-10(17)12(20-14(9)18)6-23(21,22)13-5-19-11-3-7(16)1-2-8(11)13;1-6-12-8-7-11-13-9(2,3)10(4,5)14-11;1-2-3;/h3-4,7-9,22H,2,5-6,10H2,1H3;3-9,22H,2,10H2,1H3;1-5,19H,6H2;7-8H,6H2,1-5H3;3H,2H2,1H3;1H4/b;6-5+;;8-7+;;. The molecule has 6 aromatic heterocycles. The predicted molar refractivity (Wildman–Crippen MR) is 360 cm³/mol. The number of hydrogen-bond donors (Lipinski definition) is 4. The number of aromatic amines is 3. The highest BCUT2D eigenvalue weighted by atomic mass is 79.9. The summed E-state index contributed by atoms with van der Waals surface area (Å²) in [5, 5.41) is 10.2. The van der Waals surface area contributed by atoms with Crippen LogP contribution in [0.2, 0.25) is 15.1 Å². The fourth-order valence-corrected chi connectivity index (χ4v) is 13.8. The molecule has 0 radical (unpaired) electrons. The molecule has 4 N–H and O–H groups in total. The van der Waals surface area contributed by atoms with Gasteiger partial charge in [0.15, 0.2) is 29.5 Å². The van der Waals surface area contributed by atoms with Crippen molar-refractivity contribution in [2.24, 2.45) is 0 Å². The first-order valence-electron chi connectivity index (χ1n) is 28.5. The van der Waals surface area contributed by atoms with E-state index < -0.39 is 99.1 Å². The number of halogens is 10. The fraction of sp³-hybridized carbons (Fsp3) is 0.317.